The zero-order chi connectivity index (χ0) is 15.9. The van der Waals surface area contributed by atoms with E-state index in [9.17, 15) is 9.59 Å². The van der Waals surface area contributed by atoms with Gasteiger partial charge in [0.2, 0.25) is 5.91 Å². The molecule has 0 spiro atoms. The molecule has 2 N–H and O–H groups in total. The number of rotatable bonds is 4. The Morgan fingerprint density at radius 2 is 1.86 bits per heavy atom. The van der Waals surface area contributed by atoms with Crippen molar-refractivity contribution in [3.8, 4) is 6.07 Å². The topological polar surface area (TPSA) is 91.2 Å². The van der Waals surface area contributed by atoms with Crippen molar-refractivity contribution in [2.24, 2.45) is 0 Å². The molecule has 0 bridgehead atoms. The molecule has 0 aliphatic heterocycles. The lowest BCUT2D eigenvalue weighted by Gasteiger charge is -2.19. The molecule has 0 radical (unpaired) electrons. The van der Waals surface area contributed by atoms with Gasteiger partial charge in [0.05, 0.1) is 11.6 Å². The summed E-state index contributed by atoms with van der Waals surface area (Å²) in [5.41, 5.74) is 0.574. The lowest BCUT2D eigenvalue weighted by Crippen LogP contribution is -2.34. The van der Waals surface area contributed by atoms with E-state index in [1.54, 1.807) is 45.0 Å². The first-order valence-electron chi connectivity index (χ1n) is 6.57. The molecule has 0 heterocycles. The number of hydrogen-bond donors (Lipinski definition) is 2. The van der Waals surface area contributed by atoms with Crippen LogP contribution in [0.3, 0.4) is 0 Å². The second-order valence-corrected chi connectivity index (χ2v) is 5.42. The number of carbonyl (C=O) groups is 2. The summed E-state index contributed by atoms with van der Waals surface area (Å²) in [7, 11) is 0. The Morgan fingerprint density at radius 1 is 1.24 bits per heavy atom. The van der Waals surface area contributed by atoms with E-state index in [1.807, 2.05) is 6.07 Å². The first-order valence-corrected chi connectivity index (χ1v) is 6.57. The number of nitrogens with one attached hydrogen (secondary N) is 2. The van der Waals surface area contributed by atoms with Crippen LogP contribution in [0.15, 0.2) is 24.3 Å². The fourth-order valence-electron chi connectivity index (χ4n) is 1.44. The number of ether oxygens (including phenoxy) is 1. The van der Waals surface area contributed by atoms with E-state index in [1.165, 1.54) is 0 Å². The SMILES string of the molecule is CC(C)(C)OC(=O)NCCC(=O)Nc1ccc(C#N)cc1. The van der Waals surface area contributed by atoms with E-state index in [0.717, 1.165) is 0 Å². The standard InChI is InChI=1S/C15H19N3O3/c1-15(2,3)21-14(20)17-9-8-13(19)18-12-6-4-11(10-16)5-7-12/h4-7H,8-9H2,1-3H3,(H,17,20)(H,18,19). The number of amides is 2. The first kappa shape index (κ1) is 16.5. The number of hydrogen-bond acceptors (Lipinski definition) is 4. The molecule has 0 aliphatic rings. The average Bonchev–Trinajstić information content (AvgIpc) is 2.37. The Balaban J connectivity index is 2.31. The first-order chi connectivity index (χ1) is 9.80. The molecule has 0 unspecified atom stereocenters. The smallest absolute Gasteiger partial charge is 0.407 e. The minimum absolute atomic E-state index is 0.138. The number of anilines is 1. The maximum absolute atomic E-state index is 11.7. The molecule has 112 valence electrons. The molecular weight excluding hydrogens is 270 g/mol. The molecule has 1 aromatic rings. The zero-order valence-corrected chi connectivity index (χ0v) is 12.4. The molecule has 6 heteroatoms. The van der Waals surface area contributed by atoms with E-state index in [2.05, 4.69) is 10.6 Å². The van der Waals surface area contributed by atoms with Crippen molar-refractivity contribution < 1.29 is 14.3 Å². The quantitative estimate of drug-likeness (QED) is 0.890. The van der Waals surface area contributed by atoms with Gasteiger partial charge in [-0.25, -0.2) is 4.79 Å². The van der Waals surface area contributed by atoms with Crippen molar-refractivity contribution in [3.63, 3.8) is 0 Å². The van der Waals surface area contributed by atoms with Crippen LogP contribution in [0.2, 0.25) is 0 Å². The van der Waals surface area contributed by atoms with Crippen LogP contribution < -0.4 is 10.6 Å². The van der Waals surface area contributed by atoms with Gasteiger partial charge in [-0.1, -0.05) is 0 Å². The third-order valence-electron chi connectivity index (χ3n) is 2.32. The van der Waals surface area contributed by atoms with Gasteiger partial charge in [0.15, 0.2) is 0 Å². The Bertz CT molecular complexity index is 539. The zero-order valence-electron chi connectivity index (χ0n) is 12.4. The molecule has 1 rings (SSSR count). The lowest BCUT2D eigenvalue weighted by molar-refractivity contribution is -0.116. The number of benzene rings is 1. The van der Waals surface area contributed by atoms with E-state index in [-0.39, 0.29) is 18.9 Å². The van der Waals surface area contributed by atoms with Crippen LogP contribution in [-0.4, -0.2) is 24.1 Å². The fraction of sp³-hybridized carbons (Fsp3) is 0.400. The van der Waals surface area contributed by atoms with Crippen LogP contribution in [0.1, 0.15) is 32.8 Å². The van der Waals surface area contributed by atoms with Crippen molar-refractivity contribution in [1.29, 1.82) is 5.26 Å². The summed E-state index contributed by atoms with van der Waals surface area (Å²) in [5.74, 6) is -0.226. The minimum Gasteiger partial charge on any atom is -0.444 e. The van der Waals surface area contributed by atoms with Gasteiger partial charge in [0.1, 0.15) is 5.60 Å². The summed E-state index contributed by atoms with van der Waals surface area (Å²) >= 11 is 0. The molecule has 0 saturated carbocycles. The molecule has 0 fully saturated rings. The molecule has 0 aliphatic carbocycles. The molecule has 6 nitrogen and oxygen atoms in total. The molecule has 0 atom stereocenters. The normalized spacial score (nSPS) is 10.4. The predicted octanol–water partition coefficient (Wildman–Crippen LogP) is 2.41. The van der Waals surface area contributed by atoms with E-state index < -0.39 is 11.7 Å². The molecule has 0 aromatic heterocycles. The largest absolute Gasteiger partial charge is 0.444 e. The van der Waals surface area contributed by atoms with Gasteiger partial charge in [0.25, 0.3) is 0 Å². The second-order valence-electron chi connectivity index (χ2n) is 5.42. The highest BCUT2D eigenvalue weighted by atomic mass is 16.6. The minimum atomic E-state index is -0.561. The lowest BCUT2D eigenvalue weighted by atomic mass is 10.2. The van der Waals surface area contributed by atoms with Crippen LogP contribution in [0, 0.1) is 11.3 Å². The van der Waals surface area contributed by atoms with Crippen LogP contribution in [0.4, 0.5) is 10.5 Å². The number of alkyl carbamates (subject to hydrolysis) is 1. The third kappa shape index (κ3) is 6.97. The summed E-state index contributed by atoms with van der Waals surface area (Å²) in [6.45, 7) is 5.50. The summed E-state index contributed by atoms with van der Waals surface area (Å²) in [6.07, 6.45) is -0.409. The Labute approximate surface area is 124 Å². The van der Waals surface area contributed by atoms with Gasteiger partial charge in [-0.3, -0.25) is 4.79 Å². The third-order valence-corrected chi connectivity index (χ3v) is 2.32. The number of nitriles is 1. The molecule has 1 aromatic carbocycles. The summed E-state index contributed by atoms with van der Waals surface area (Å²) in [4.78, 5) is 23.0. The van der Waals surface area contributed by atoms with Crippen molar-refractivity contribution in [1.82, 2.24) is 5.32 Å². The van der Waals surface area contributed by atoms with Crippen molar-refractivity contribution in [3.05, 3.63) is 29.8 Å². The van der Waals surface area contributed by atoms with Crippen LogP contribution in [-0.2, 0) is 9.53 Å². The number of carbonyl (C=O) groups excluding carboxylic acids is 2. The maximum atomic E-state index is 11.7. The monoisotopic (exact) mass is 289 g/mol. The fourth-order valence-corrected chi connectivity index (χ4v) is 1.44. The highest BCUT2D eigenvalue weighted by molar-refractivity contribution is 5.91. The van der Waals surface area contributed by atoms with E-state index >= 15 is 0 Å². The second kappa shape index (κ2) is 7.29. The maximum Gasteiger partial charge on any atom is 0.407 e. The van der Waals surface area contributed by atoms with Gasteiger partial charge < -0.3 is 15.4 Å². The van der Waals surface area contributed by atoms with Gasteiger partial charge in [0, 0.05) is 18.7 Å². The van der Waals surface area contributed by atoms with E-state index in [4.69, 9.17) is 10.00 Å². The molecule has 21 heavy (non-hydrogen) atoms. The predicted molar refractivity (Wildman–Crippen MR) is 78.6 cm³/mol. The van der Waals surface area contributed by atoms with Crippen molar-refractivity contribution in [2.75, 3.05) is 11.9 Å². The molecule has 0 saturated heterocycles. The summed E-state index contributed by atoms with van der Waals surface area (Å²) < 4.78 is 5.05. The van der Waals surface area contributed by atoms with Crippen molar-refractivity contribution >= 4 is 17.7 Å². The Morgan fingerprint density at radius 3 is 2.38 bits per heavy atom. The van der Waals surface area contributed by atoms with E-state index in [0.29, 0.717) is 11.3 Å². The van der Waals surface area contributed by atoms with Gasteiger partial charge in [-0.05, 0) is 45.0 Å². The molecule has 2 amide bonds. The average molecular weight is 289 g/mol. The van der Waals surface area contributed by atoms with Gasteiger partial charge in [-0.2, -0.15) is 5.26 Å². The summed E-state index contributed by atoms with van der Waals surface area (Å²) in [5, 5.41) is 13.9. The highest BCUT2D eigenvalue weighted by Crippen LogP contribution is 2.09. The van der Waals surface area contributed by atoms with Crippen LogP contribution in [0.5, 0.6) is 0 Å². The summed E-state index contributed by atoms with van der Waals surface area (Å²) in [6, 6.07) is 8.54. The Kier molecular flexibility index (Phi) is 5.73. The van der Waals surface area contributed by atoms with Gasteiger partial charge >= 0.3 is 6.09 Å². The highest BCUT2D eigenvalue weighted by Gasteiger charge is 2.15. The van der Waals surface area contributed by atoms with Crippen molar-refractivity contribution in [2.45, 2.75) is 32.8 Å². The van der Waals surface area contributed by atoms with Gasteiger partial charge in [-0.15, -0.1) is 0 Å². The van der Waals surface area contributed by atoms with Crippen LogP contribution in [0.25, 0.3) is 0 Å². The Hall–Kier alpha value is -2.55. The number of nitrogens with zero attached hydrogens (tertiary/aromatic N) is 1. The molecular formula is C15H19N3O3. The van der Waals surface area contributed by atoms with Crippen LogP contribution >= 0.6 is 0 Å².